The summed E-state index contributed by atoms with van der Waals surface area (Å²) >= 11 is 13.3. The fourth-order valence-corrected chi connectivity index (χ4v) is 3.65. The fourth-order valence-electron chi connectivity index (χ4n) is 2.40. The van der Waals surface area contributed by atoms with E-state index in [1.165, 1.54) is 18.3 Å². The van der Waals surface area contributed by atoms with Crippen LogP contribution in [0.25, 0.3) is 21.3 Å². The van der Waals surface area contributed by atoms with Crippen molar-refractivity contribution in [3.8, 4) is 11.1 Å². The van der Waals surface area contributed by atoms with Crippen molar-refractivity contribution in [2.75, 3.05) is 0 Å². The van der Waals surface area contributed by atoms with Crippen LogP contribution in [0.4, 0.5) is 0 Å². The van der Waals surface area contributed by atoms with Gasteiger partial charge in [-0.15, -0.1) is 11.3 Å². The number of nitrogens with one attached hydrogen (secondary N) is 1. The summed E-state index contributed by atoms with van der Waals surface area (Å²) in [5.74, 6) is -0.0866. The quantitative estimate of drug-likeness (QED) is 0.747. The Kier molecular flexibility index (Phi) is 4.62. The Morgan fingerprint density at radius 2 is 2.00 bits per heavy atom. The van der Waals surface area contributed by atoms with Gasteiger partial charge >= 0.3 is 5.69 Å². The molecule has 1 aromatic carbocycles. The van der Waals surface area contributed by atoms with Crippen molar-refractivity contribution in [2.45, 2.75) is 19.9 Å². The molecule has 3 aromatic rings. The molecule has 0 bridgehead atoms. The summed E-state index contributed by atoms with van der Waals surface area (Å²) in [4.78, 5) is 39.2. The number of rotatable bonds is 4. The van der Waals surface area contributed by atoms with Gasteiger partial charge in [-0.1, -0.05) is 29.3 Å². The number of fused-ring (bicyclic) bond motifs is 1. The van der Waals surface area contributed by atoms with Crippen molar-refractivity contribution >= 4 is 50.5 Å². The third kappa shape index (κ3) is 3.05. The number of aromatic nitrogens is 2. The van der Waals surface area contributed by atoms with Crippen LogP contribution in [0.15, 0.2) is 33.2 Å². The Hall–Kier alpha value is -1.89. The number of halogens is 2. The molecule has 0 saturated carbocycles. The number of ketones is 1. The number of hydrogen-bond acceptors (Lipinski definition) is 4. The molecule has 5 nitrogen and oxygen atoms in total. The molecule has 124 valence electrons. The summed E-state index contributed by atoms with van der Waals surface area (Å²) in [6, 6.07) is 5.10. The molecule has 0 unspecified atom stereocenters. The Balaban J connectivity index is 2.22. The van der Waals surface area contributed by atoms with Crippen molar-refractivity contribution in [1.82, 2.24) is 9.55 Å². The second kappa shape index (κ2) is 6.55. The molecule has 8 heteroatoms. The Morgan fingerprint density at radius 3 is 2.67 bits per heavy atom. The third-order valence-electron chi connectivity index (χ3n) is 3.63. The van der Waals surface area contributed by atoms with E-state index >= 15 is 0 Å². The predicted octanol–water partition coefficient (Wildman–Crippen LogP) is 3.70. The van der Waals surface area contributed by atoms with Crippen molar-refractivity contribution in [2.24, 2.45) is 0 Å². The van der Waals surface area contributed by atoms with Gasteiger partial charge in [0.1, 0.15) is 10.6 Å². The molecule has 2 aromatic heterocycles. The van der Waals surface area contributed by atoms with Crippen LogP contribution < -0.4 is 11.2 Å². The number of nitrogens with zero attached hydrogens (tertiary/aromatic N) is 1. The molecule has 0 aliphatic carbocycles. The summed E-state index contributed by atoms with van der Waals surface area (Å²) in [5, 5.41) is 3.00. The van der Waals surface area contributed by atoms with E-state index < -0.39 is 11.2 Å². The Morgan fingerprint density at radius 1 is 1.25 bits per heavy atom. The van der Waals surface area contributed by atoms with Crippen molar-refractivity contribution in [1.29, 1.82) is 0 Å². The number of thiophene rings is 1. The van der Waals surface area contributed by atoms with Crippen molar-refractivity contribution < 1.29 is 4.79 Å². The van der Waals surface area contributed by atoms with Gasteiger partial charge in [0.05, 0.1) is 15.4 Å². The molecule has 2 heterocycles. The SMILES string of the molecule is CC(=O)CCn1c(=O)[nH]c2scc(-c3ccc(Cl)c(Cl)c3)c2c1=O. The van der Waals surface area contributed by atoms with Gasteiger partial charge in [0, 0.05) is 23.9 Å². The second-order valence-corrected chi connectivity index (χ2v) is 7.02. The van der Waals surface area contributed by atoms with Crippen LogP contribution in [0.1, 0.15) is 13.3 Å². The Bertz CT molecular complexity index is 1070. The van der Waals surface area contributed by atoms with Crippen LogP contribution in [-0.2, 0) is 11.3 Å². The summed E-state index contributed by atoms with van der Waals surface area (Å²) in [6.45, 7) is 1.47. The lowest BCUT2D eigenvalue weighted by Gasteiger charge is -2.05. The zero-order chi connectivity index (χ0) is 17.4. The topological polar surface area (TPSA) is 71.9 Å². The van der Waals surface area contributed by atoms with Crippen molar-refractivity contribution in [3.05, 3.63) is 54.5 Å². The average Bonchev–Trinajstić information content (AvgIpc) is 2.93. The van der Waals surface area contributed by atoms with Gasteiger partial charge in [0.25, 0.3) is 5.56 Å². The molecule has 24 heavy (non-hydrogen) atoms. The number of hydrogen-bond donors (Lipinski definition) is 1. The molecule has 0 fully saturated rings. The first-order valence-corrected chi connectivity index (χ1v) is 8.71. The lowest BCUT2D eigenvalue weighted by atomic mass is 10.1. The highest BCUT2D eigenvalue weighted by atomic mass is 35.5. The van der Waals surface area contributed by atoms with E-state index in [2.05, 4.69) is 4.98 Å². The van der Waals surface area contributed by atoms with E-state index in [9.17, 15) is 14.4 Å². The average molecular weight is 383 g/mol. The number of H-pyrrole nitrogens is 1. The third-order valence-corrected chi connectivity index (χ3v) is 5.27. The summed E-state index contributed by atoms with van der Waals surface area (Å²) in [6.07, 6.45) is 0.126. The summed E-state index contributed by atoms with van der Waals surface area (Å²) < 4.78 is 1.05. The van der Waals surface area contributed by atoms with Gasteiger partial charge in [0.15, 0.2) is 0 Å². The van der Waals surface area contributed by atoms with Crippen molar-refractivity contribution in [3.63, 3.8) is 0 Å². The first kappa shape index (κ1) is 17.0. The smallest absolute Gasteiger partial charge is 0.300 e. The van der Waals surface area contributed by atoms with Gasteiger partial charge in [-0.3, -0.25) is 19.1 Å². The predicted molar refractivity (Wildman–Crippen MR) is 97.5 cm³/mol. The van der Waals surface area contributed by atoms with Gasteiger partial charge < -0.3 is 0 Å². The van der Waals surface area contributed by atoms with E-state index in [4.69, 9.17) is 23.2 Å². The zero-order valence-corrected chi connectivity index (χ0v) is 14.9. The molecular weight excluding hydrogens is 371 g/mol. The fraction of sp³-hybridized carbons (Fsp3) is 0.188. The highest BCUT2D eigenvalue weighted by Gasteiger charge is 2.16. The number of Topliss-reactive ketones (excluding diaryl/α,β-unsaturated/α-hetero) is 1. The molecule has 0 aliphatic heterocycles. The normalized spacial score (nSPS) is 11.1. The molecule has 0 amide bonds. The monoisotopic (exact) mass is 382 g/mol. The second-order valence-electron chi connectivity index (χ2n) is 5.32. The van der Waals surface area contributed by atoms with Gasteiger partial charge in [-0.05, 0) is 24.6 Å². The van der Waals surface area contributed by atoms with E-state index in [-0.39, 0.29) is 18.7 Å². The maximum Gasteiger partial charge on any atom is 0.329 e. The largest absolute Gasteiger partial charge is 0.329 e. The maximum atomic E-state index is 12.7. The lowest BCUT2D eigenvalue weighted by molar-refractivity contribution is -0.117. The Labute approximate surface area is 150 Å². The highest BCUT2D eigenvalue weighted by molar-refractivity contribution is 7.17. The lowest BCUT2D eigenvalue weighted by Crippen LogP contribution is -2.35. The minimum Gasteiger partial charge on any atom is -0.300 e. The molecule has 0 saturated heterocycles. The van der Waals surface area contributed by atoms with Gasteiger partial charge in [0.2, 0.25) is 0 Å². The van der Waals surface area contributed by atoms with Gasteiger partial charge in [-0.2, -0.15) is 0 Å². The minimum absolute atomic E-state index is 0.0517. The highest BCUT2D eigenvalue weighted by Crippen LogP contribution is 2.33. The molecule has 0 aliphatic rings. The zero-order valence-electron chi connectivity index (χ0n) is 12.6. The molecule has 0 radical (unpaired) electrons. The van der Waals surface area contributed by atoms with Crippen LogP contribution >= 0.6 is 34.5 Å². The minimum atomic E-state index is -0.517. The molecule has 1 N–H and O–H groups in total. The number of aromatic amines is 1. The van der Waals surface area contributed by atoms with Crippen LogP contribution in [0.3, 0.4) is 0 Å². The summed E-state index contributed by atoms with van der Waals surface area (Å²) in [7, 11) is 0. The molecular formula is C16H12Cl2N2O3S. The van der Waals surface area contributed by atoms with Gasteiger partial charge in [-0.25, -0.2) is 4.79 Å². The number of carbonyl (C=O) groups excluding carboxylic acids is 1. The first-order valence-electron chi connectivity index (χ1n) is 7.07. The van der Waals surface area contributed by atoms with Crippen LogP contribution in [0.2, 0.25) is 10.0 Å². The van der Waals surface area contributed by atoms with E-state index in [0.717, 1.165) is 10.1 Å². The van der Waals surface area contributed by atoms with Crippen LogP contribution in [0.5, 0.6) is 0 Å². The van der Waals surface area contributed by atoms with E-state index in [0.29, 0.717) is 25.8 Å². The van der Waals surface area contributed by atoms with Crippen LogP contribution in [-0.4, -0.2) is 15.3 Å². The standard InChI is InChI=1S/C16H12Cl2N2O3S/c1-8(21)4-5-20-15(22)13-10(7-24-14(13)19-16(20)23)9-2-3-11(17)12(18)6-9/h2-3,6-7H,4-5H2,1H3,(H,19,23). The van der Waals surface area contributed by atoms with E-state index in [1.807, 2.05) is 0 Å². The maximum absolute atomic E-state index is 12.7. The number of benzene rings is 1. The summed E-state index contributed by atoms with van der Waals surface area (Å²) in [5.41, 5.74) is 0.470. The molecule has 0 spiro atoms. The van der Waals surface area contributed by atoms with Crippen LogP contribution in [0, 0.1) is 0 Å². The molecule has 3 rings (SSSR count). The number of carbonyl (C=O) groups is 1. The van der Waals surface area contributed by atoms with E-state index in [1.54, 1.807) is 23.6 Å². The first-order chi connectivity index (χ1) is 11.4. The molecule has 0 atom stereocenters.